The average Bonchev–Trinajstić information content (AvgIpc) is 3.05. The molecule has 1 aromatic carbocycles. The number of rotatable bonds is 9. The van der Waals surface area contributed by atoms with Crippen LogP contribution in [0.5, 0.6) is 0 Å². The summed E-state index contributed by atoms with van der Waals surface area (Å²) < 4.78 is 37.2. The number of carbonyl (C=O) groups is 1. The van der Waals surface area contributed by atoms with Gasteiger partial charge < -0.3 is 19.6 Å². The Morgan fingerprint density at radius 2 is 2.12 bits per heavy atom. The normalized spacial score (nSPS) is 12.7. The van der Waals surface area contributed by atoms with Crippen molar-refractivity contribution in [2.24, 2.45) is 0 Å². The van der Waals surface area contributed by atoms with E-state index >= 15 is 0 Å². The Balaban J connectivity index is 2.24. The third kappa shape index (κ3) is 5.05. The molecule has 0 aliphatic heterocycles. The number of benzene rings is 1. The molecule has 0 fully saturated rings. The zero-order valence-corrected chi connectivity index (χ0v) is 14.7. The molecule has 8 nitrogen and oxygen atoms in total. The Morgan fingerprint density at radius 1 is 1.36 bits per heavy atom. The lowest BCUT2D eigenvalue weighted by atomic mass is 10.2. The SMILES string of the molecule is COC[C@@H](C)NS(=O)(=O)c1ccc(NCc2ccco2)c(C(=O)O)c1. The highest BCUT2D eigenvalue weighted by atomic mass is 32.2. The molecule has 0 saturated heterocycles. The van der Waals surface area contributed by atoms with Crippen LogP contribution in [0.1, 0.15) is 23.0 Å². The van der Waals surface area contributed by atoms with E-state index in [0.29, 0.717) is 11.4 Å². The first-order valence-electron chi connectivity index (χ1n) is 7.48. The fourth-order valence-electron chi connectivity index (χ4n) is 2.23. The van der Waals surface area contributed by atoms with Crippen LogP contribution in [0.3, 0.4) is 0 Å². The predicted octanol–water partition coefficient (Wildman–Crippen LogP) is 1.90. The third-order valence-corrected chi connectivity index (χ3v) is 4.93. The monoisotopic (exact) mass is 368 g/mol. The van der Waals surface area contributed by atoms with Gasteiger partial charge in [0.15, 0.2) is 0 Å². The Kier molecular flexibility index (Phi) is 6.18. The molecule has 0 saturated carbocycles. The number of sulfonamides is 1. The van der Waals surface area contributed by atoms with Gasteiger partial charge in [-0.05, 0) is 37.3 Å². The van der Waals surface area contributed by atoms with Crippen molar-refractivity contribution in [3.63, 3.8) is 0 Å². The molecule has 2 aromatic rings. The second kappa shape index (κ2) is 8.15. The Labute approximate surface area is 145 Å². The van der Waals surface area contributed by atoms with Gasteiger partial charge in [0, 0.05) is 18.8 Å². The number of hydrogen-bond donors (Lipinski definition) is 3. The molecule has 1 atom stereocenters. The molecule has 0 radical (unpaired) electrons. The van der Waals surface area contributed by atoms with Crippen LogP contribution in [0.4, 0.5) is 5.69 Å². The van der Waals surface area contributed by atoms with Crippen LogP contribution in [0.15, 0.2) is 45.9 Å². The fourth-order valence-corrected chi connectivity index (χ4v) is 3.49. The minimum absolute atomic E-state index is 0.128. The topological polar surface area (TPSA) is 118 Å². The first-order chi connectivity index (χ1) is 11.8. The largest absolute Gasteiger partial charge is 0.478 e. The van der Waals surface area contributed by atoms with Crippen LogP contribution >= 0.6 is 0 Å². The summed E-state index contributed by atoms with van der Waals surface area (Å²) >= 11 is 0. The van der Waals surface area contributed by atoms with E-state index < -0.39 is 22.0 Å². The molecule has 136 valence electrons. The number of ether oxygens (including phenoxy) is 1. The van der Waals surface area contributed by atoms with E-state index in [-0.39, 0.29) is 23.6 Å². The summed E-state index contributed by atoms with van der Waals surface area (Å²) in [7, 11) is -2.39. The number of anilines is 1. The summed E-state index contributed by atoms with van der Waals surface area (Å²) in [6, 6.07) is 6.90. The molecule has 0 unspecified atom stereocenters. The Bertz CT molecular complexity index is 817. The van der Waals surface area contributed by atoms with Crippen molar-refractivity contribution in [1.29, 1.82) is 0 Å². The van der Waals surface area contributed by atoms with Gasteiger partial charge in [-0.1, -0.05) is 0 Å². The lowest BCUT2D eigenvalue weighted by molar-refractivity contribution is 0.0697. The highest BCUT2D eigenvalue weighted by molar-refractivity contribution is 7.89. The van der Waals surface area contributed by atoms with Gasteiger partial charge in [0.05, 0.1) is 29.9 Å². The number of nitrogens with one attached hydrogen (secondary N) is 2. The third-order valence-electron chi connectivity index (χ3n) is 3.34. The van der Waals surface area contributed by atoms with Gasteiger partial charge in [-0.2, -0.15) is 0 Å². The maximum absolute atomic E-state index is 12.4. The first-order valence-corrected chi connectivity index (χ1v) is 8.96. The second-order valence-electron chi connectivity index (χ2n) is 5.42. The van der Waals surface area contributed by atoms with Gasteiger partial charge in [0.2, 0.25) is 10.0 Å². The van der Waals surface area contributed by atoms with E-state index in [1.165, 1.54) is 25.5 Å². The number of aromatic carboxylic acids is 1. The molecular formula is C16H20N2O6S. The van der Waals surface area contributed by atoms with Crippen LogP contribution in [0.2, 0.25) is 0 Å². The smallest absolute Gasteiger partial charge is 0.337 e. The van der Waals surface area contributed by atoms with Crippen molar-refractivity contribution in [2.45, 2.75) is 24.4 Å². The van der Waals surface area contributed by atoms with Gasteiger partial charge in [-0.25, -0.2) is 17.9 Å². The van der Waals surface area contributed by atoms with Gasteiger partial charge in [-0.3, -0.25) is 0 Å². The van der Waals surface area contributed by atoms with E-state index in [4.69, 9.17) is 9.15 Å². The zero-order chi connectivity index (χ0) is 18.4. The first kappa shape index (κ1) is 19.0. The van der Waals surface area contributed by atoms with E-state index in [9.17, 15) is 18.3 Å². The second-order valence-corrected chi connectivity index (χ2v) is 7.14. The van der Waals surface area contributed by atoms with E-state index in [2.05, 4.69) is 10.0 Å². The highest BCUT2D eigenvalue weighted by Gasteiger charge is 2.21. The maximum Gasteiger partial charge on any atom is 0.337 e. The molecule has 0 aliphatic carbocycles. The van der Waals surface area contributed by atoms with E-state index in [1.807, 2.05) is 0 Å². The van der Waals surface area contributed by atoms with Crippen LogP contribution in [0.25, 0.3) is 0 Å². The quantitative estimate of drug-likeness (QED) is 0.619. The minimum atomic E-state index is -3.85. The molecule has 25 heavy (non-hydrogen) atoms. The summed E-state index contributed by atoms with van der Waals surface area (Å²) in [4.78, 5) is 11.4. The van der Waals surface area contributed by atoms with Gasteiger partial charge in [0.25, 0.3) is 0 Å². The van der Waals surface area contributed by atoms with Crippen molar-refractivity contribution in [3.05, 3.63) is 47.9 Å². The molecule has 9 heteroatoms. The molecule has 2 rings (SSSR count). The summed E-state index contributed by atoms with van der Waals surface area (Å²) in [5.41, 5.74) is 0.154. The molecule has 0 amide bonds. The summed E-state index contributed by atoms with van der Waals surface area (Å²) in [6.07, 6.45) is 1.51. The van der Waals surface area contributed by atoms with Crippen molar-refractivity contribution in [1.82, 2.24) is 4.72 Å². The standard InChI is InChI=1S/C16H20N2O6S/c1-11(10-23-2)18-25(21,22)13-5-6-15(14(8-13)16(19)20)17-9-12-4-3-7-24-12/h3-8,11,17-18H,9-10H2,1-2H3,(H,19,20)/t11-/m1/s1. The summed E-state index contributed by atoms with van der Waals surface area (Å²) in [5, 5.41) is 12.3. The molecular weight excluding hydrogens is 348 g/mol. The van der Waals surface area contributed by atoms with Crippen LogP contribution in [-0.4, -0.2) is 39.3 Å². The fraction of sp³-hybridized carbons (Fsp3) is 0.312. The summed E-state index contributed by atoms with van der Waals surface area (Å²) in [6.45, 7) is 2.13. The van der Waals surface area contributed by atoms with Crippen molar-refractivity contribution >= 4 is 21.7 Å². The molecule has 1 aromatic heterocycles. The number of carboxylic acid groups (broad SMARTS) is 1. The number of carboxylic acids is 1. The van der Waals surface area contributed by atoms with Crippen LogP contribution in [-0.2, 0) is 21.3 Å². The Morgan fingerprint density at radius 3 is 2.72 bits per heavy atom. The molecule has 3 N–H and O–H groups in total. The molecule has 1 heterocycles. The lowest BCUT2D eigenvalue weighted by Gasteiger charge is -2.15. The minimum Gasteiger partial charge on any atom is -0.478 e. The van der Waals surface area contributed by atoms with Crippen molar-refractivity contribution < 1.29 is 27.5 Å². The number of hydrogen-bond acceptors (Lipinski definition) is 6. The zero-order valence-electron chi connectivity index (χ0n) is 13.9. The molecule has 0 bridgehead atoms. The van der Waals surface area contributed by atoms with Gasteiger partial charge in [-0.15, -0.1) is 0 Å². The lowest BCUT2D eigenvalue weighted by Crippen LogP contribution is -2.35. The summed E-state index contributed by atoms with van der Waals surface area (Å²) in [5.74, 6) is -0.605. The van der Waals surface area contributed by atoms with Crippen LogP contribution in [0, 0.1) is 0 Å². The molecule has 0 aliphatic rings. The van der Waals surface area contributed by atoms with E-state index in [0.717, 1.165) is 6.07 Å². The average molecular weight is 368 g/mol. The van der Waals surface area contributed by atoms with Gasteiger partial charge >= 0.3 is 5.97 Å². The number of methoxy groups -OCH3 is 1. The van der Waals surface area contributed by atoms with Gasteiger partial charge in [0.1, 0.15) is 5.76 Å². The number of furan rings is 1. The highest BCUT2D eigenvalue weighted by Crippen LogP contribution is 2.22. The maximum atomic E-state index is 12.4. The van der Waals surface area contributed by atoms with E-state index in [1.54, 1.807) is 19.1 Å². The van der Waals surface area contributed by atoms with Crippen molar-refractivity contribution in [2.75, 3.05) is 19.0 Å². The van der Waals surface area contributed by atoms with Crippen LogP contribution < -0.4 is 10.0 Å². The molecule has 0 spiro atoms. The Hall–Kier alpha value is -2.36. The van der Waals surface area contributed by atoms with Crippen molar-refractivity contribution in [3.8, 4) is 0 Å². The predicted molar refractivity (Wildman–Crippen MR) is 91.1 cm³/mol.